The number of carbonyl (C=O) groups excluding carboxylic acids is 2. The molecule has 2 bridgehead atoms. The zero-order valence-corrected chi connectivity index (χ0v) is 18.9. The predicted molar refractivity (Wildman–Crippen MR) is 128 cm³/mol. The molecule has 0 saturated carbocycles. The first-order chi connectivity index (χ1) is 17.5. The summed E-state index contributed by atoms with van der Waals surface area (Å²) in [6.45, 7) is 0. The lowest BCUT2D eigenvalue weighted by Gasteiger charge is -2.49. The molecular weight excluding hydrogens is 462 g/mol. The second-order valence-electron chi connectivity index (χ2n) is 8.97. The summed E-state index contributed by atoms with van der Waals surface area (Å²) in [5, 5.41) is 0. The van der Waals surface area contributed by atoms with E-state index in [2.05, 4.69) is 0 Å². The summed E-state index contributed by atoms with van der Waals surface area (Å²) < 4.78 is 40.8. The van der Waals surface area contributed by atoms with Crippen molar-refractivity contribution in [1.29, 1.82) is 0 Å². The zero-order chi connectivity index (χ0) is 24.8. The van der Waals surface area contributed by atoms with Gasteiger partial charge in [0.15, 0.2) is 12.2 Å². The highest BCUT2D eigenvalue weighted by Gasteiger charge is 2.54. The minimum absolute atomic E-state index is 0.325. The third-order valence-corrected chi connectivity index (χ3v) is 6.92. The van der Waals surface area contributed by atoms with Gasteiger partial charge in [-0.1, -0.05) is 48.5 Å². The van der Waals surface area contributed by atoms with E-state index in [0.717, 1.165) is 11.1 Å². The van der Waals surface area contributed by atoms with E-state index in [1.165, 1.54) is 24.3 Å². The van der Waals surface area contributed by atoms with Crippen molar-refractivity contribution in [3.63, 3.8) is 0 Å². The van der Waals surface area contributed by atoms with E-state index in [4.69, 9.17) is 9.47 Å². The average Bonchev–Trinajstić information content (AvgIpc) is 2.90. The number of hydrogen-bond acceptors (Lipinski definition) is 4. The Kier molecular flexibility index (Phi) is 5.37. The van der Waals surface area contributed by atoms with Crippen LogP contribution in [0.15, 0.2) is 97.1 Å². The van der Waals surface area contributed by atoms with E-state index in [-0.39, 0.29) is 0 Å². The van der Waals surface area contributed by atoms with Crippen LogP contribution in [-0.2, 0) is 9.47 Å². The van der Waals surface area contributed by atoms with Crippen molar-refractivity contribution >= 4 is 11.9 Å². The van der Waals surface area contributed by atoms with Gasteiger partial charge in [0, 0.05) is 0 Å². The highest BCUT2D eigenvalue weighted by molar-refractivity contribution is 5.90. The van der Waals surface area contributed by atoms with Crippen LogP contribution in [0.1, 0.15) is 54.8 Å². The largest absolute Gasteiger partial charge is 0.454 e. The van der Waals surface area contributed by atoms with Crippen LogP contribution in [0.25, 0.3) is 0 Å². The fraction of sp³-hybridized carbons (Fsp3) is 0.133. The normalized spacial score (nSPS) is 21.3. The Morgan fingerprint density at radius 1 is 0.528 bits per heavy atom. The number of benzene rings is 4. The topological polar surface area (TPSA) is 52.6 Å². The molecule has 3 aliphatic carbocycles. The van der Waals surface area contributed by atoms with E-state index in [1.54, 1.807) is 72.8 Å². The minimum Gasteiger partial charge on any atom is -0.454 e. The van der Waals surface area contributed by atoms with Crippen LogP contribution in [0, 0.1) is 11.6 Å². The summed E-state index contributed by atoms with van der Waals surface area (Å²) in [6, 6.07) is 25.8. The van der Waals surface area contributed by atoms with Crippen LogP contribution >= 0.6 is 0 Å². The Labute approximate surface area is 206 Å². The van der Waals surface area contributed by atoms with Crippen molar-refractivity contribution in [3.05, 3.63) is 142 Å². The molecule has 6 heteroatoms. The van der Waals surface area contributed by atoms with Gasteiger partial charge in [-0.3, -0.25) is 0 Å². The monoisotopic (exact) mass is 482 g/mol. The molecule has 3 aliphatic rings. The van der Waals surface area contributed by atoms with Gasteiger partial charge in [0.1, 0.15) is 11.6 Å². The Hall–Kier alpha value is -4.32. The molecule has 178 valence electrons. The summed E-state index contributed by atoms with van der Waals surface area (Å²) in [7, 11) is 0. The third kappa shape index (κ3) is 3.66. The Morgan fingerprint density at radius 3 is 1.33 bits per heavy atom. The van der Waals surface area contributed by atoms with Crippen LogP contribution < -0.4 is 0 Å². The maximum atomic E-state index is 14.4. The standard InChI is InChI=1S/C30H20F2O4/c31-19-11-13-21-23(15-19)26-24-16-20(32)12-14-22(24)25(21)27(35-29(33)17-7-3-1-4-8-17)28(26)36-30(34)18-9-5-2-6-10-18/h1-16,25-28H/t25-,26-,27?,28?. The van der Waals surface area contributed by atoms with Crippen LogP contribution in [0.2, 0.25) is 0 Å². The molecule has 0 heterocycles. The maximum Gasteiger partial charge on any atom is 0.338 e. The predicted octanol–water partition coefficient (Wildman–Crippen LogP) is 6.01. The van der Waals surface area contributed by atoms with Gasteiger partial charge in [-0.15, -0.1) is 0 Å². The van der Waals surface area contributed by atoms with Crippen molar-refractivity contribution < 1.29 is 27.8 Å². The summed E-state index contributed by atoms with van der Waals surface area (Å²) in [6.07, 6.45) is -1.88. The van der Waals surface area contributed by atoms with Crippen molar-refractivity contribution in [1.82, 2.24) is 0 Å². The Morgan fingerprint density at radius 2 is 0.917 bits per heavy atom. The van der Waals surface area contributed by atoms with Crippen LogP contribution in [0.4, 0.5) is 8.78 Å². The summed E-state index contributed by atoms with van der Waals surface area (Å²) in [5.74, 6) is -3.36. The van der Waals surface area contributed by atoms with Crippen molar-refractivity contribution in [3.8, 4) is 0 Å². The SMILES string of the molecule is O=C(OC1C(OC(=O)c2ccccc2)[C@H]2c3cc(F)ccc3[C@H]1c1ccc(F)cc12)c1ccccc1. The molecule has 0 radical (unpaired) electrons. The lowest BCUT2D eigenvalue weighted by molar-refractivity contribution is -0.0558. The number of hydrogen-bond donors (Lipinski definition) is 0. The molecule has 7 rings (SSSR count). The lowest BCUT2D eigenvalue weighted by atomic mass is 9.61. The van der Waals surface area contributed by atoms with Crippen LogP contribution in [-0.4, -0.2) is 24.1 Å². The van der Waals surface area contributed by atoms with Crippen molar-refractivity contribution in [2.75, 3.05) is 0 Å². The van der Waals surface area contributed by atoms with Crippen molar-refractivity contribution in [2.24, 2.45) is 0 Å². The molecule has 0 fully saturated rings. The average molecular weight is 482 g/mol. The molecule has 2 atom stereocenters. The molecule has 4 aromatic carbocycles. The fourth-order valence-corrected chi connectivity index (χ4v) is 5.42. The second kappa shape index (κ2) is 8.72. The molecule has 0 aromatic heterocycles. The molecule has 4 nitrogen and oxygen atoms in total. The minimum atomic E-state index is -0.987. The maximum absolute atomic E-state index is 14.4. The van der Waals surface area contributed by atoms with Gasteiger partial charge in [0.25, 0.3) is 0 Å². The van der Waals surface area contributed by atoms with E-state index >= 15 is 0 Å². The van der Waals surface area contributed by atoms with Gasteiger partial charge < -0.3 is 9.47 Å². The second-order valence-corrected chi connectivity index (χ2v) is 8.97. The van der Waals surface area contributed by atoms with Gasteiger partial charge in [-0.05, 0) is 70.8 Å². The number of ether oxygens (including phenoxy) is 2. The molecule has 0 amide bonds. The van der Waals surface area contributed by atoms with Gasteiger partial charge in [0.05, 0.1) is 23.0 Å². The van der Waals surface area contributed by atoms with Crippen molar-refractivity contribution in [2.45, 2.75) is 24.0 Å². The van der Waals surface area contributed by atoms with Gasteiger partial charge in [-0.25, -0.2) is 18.4 Å². The highest BCUT2D eigenvalue weighted by Crippen LogP contribution is 2.55. The summed E-state index contributed by atoms with van der Waals surface area (Å²) >= 11 is 0. The van der Waals surface area contributed by atoms with Gasteiger partial charge >= 0.3 is 11.9 Å². The Balaban J connectivity index is 1.49. The third-order valence-electron chi connectivity index (χ3n) is 6.92. The number of esters is 2. The zero-order valence-electron chi connectivity index (χ0n) is 18.9. The van der Waals surface area contributed by atoms with Crippen LogP contribution in [0.5, 0.6) is 0 Å². The van der Waals surface area contributed by atoms with E-state index in [1.807, 2.05) is 0 Å². The molecule has 0 N–H and O–H groups in total. The highest BCUT2D eigenvalue weighted by atomic mass is 19.1. The first-order valence-electron chi connectivity index (χ1n) is 11.6. The van der Waals surface area contributed by atoms with E-state index in [9.17, 15) is 18.4 Å². The van der Waals surface area contributed by atoms with E-state index < -0.39 is 47.6 Å². The fourth-order valence-electron chi connectivity index (χ4n) is 5.42. The molecule has 36 heavy (non-hydrogen) atoms. The molecule has 0 spiro atoms. The lowest BCUT2D eigenvalue weighted by Crippen LogP contribution is -2.51. The molecule has 0 saturated heterocycles. The molecule has 2 unspecified atom stereocenters. The summed E-state index contributed by atoms with van der Waals surface area (Å²) in [5.41, 5.74) is 3.39. The number of carbonyl (C=O) groups is 2. The Bertz CT molecular complexity index is 1420. The number of rotatable bonds is 4. The first kappa shape index (κ1) is 22.2. The summed E-state index contributed by atoms with van der Waals surface area (Å²) in [4.78, 5) is 26.3. The molecular formula is C30H20F2O4. The number of halogens is 2. The van der Waals surface area contributed by atoms with E-state index in [0.29, 0.717) is 22.3 Å². The number of fused-ring (bicyclic) bond motifs is 1. The smallest absolute Gasteiger partial charge is 0.338 e. The van der Waals surface area contributed by atoms with Gasteiger partial charge in [0.2, 0.25) is 0 Å². The van der Waals surface area contributed by atoms with Crippen LogP contribution in [0.3, 0.4) is 0 Å². The quantitative estimate of drug-likeness (QED) is 0.335. The van der Waals surface area contributed by atoms with Gasteiger partial charge in [-0.2, -0.15) is 0 Å². The molecule has 4 aromatic rings. The first-order valence-corrected chi connectivity index (χ1v) is 11.6. The molecule has 0 aliphatic heterocycles.